The van der Waals surface area contributed by atoms with Crippen LogP contribution >= 0.6 is 0 Å². The van der Waals surface area contributed by atoms with E-state index in [1.165, 1.54) is 0 Å². The molecule has 21 heavy (non-hydrogen) atoms. The van der Waals surface area contributed by atoms with Gasteiger partial charge in [0, 0.05) is 0 Å². The van der Waals surface area contributed by atoms with Gasteiger partial charge in [0.15, 0.2) is 6.10 Å². The Morgan fingerprint density at radius 1 is 1.38 bits per heavy atom. The molecule has 0 saturated heterocycles. The maximum atomic E-state index is 12.0. The molecule has 1 atom stereocenters. The van der Waals surface area contributed by atoms with E-state index in [1.54, 1.807) is 0 Å². The van der Waals surface area contributed by atoms with Crippen LogP contribution in [0.25, 0.3) is 0 Å². The van der Waals surface area contributed by atoms with E-state index in [-0.39, 0.29) is 13.0 Å². The minimum absolute atomic E-state index is 0.0538. The number of hydrogen-bond donors (Lipinski definition) is 2. The van der Waals surface area contributed by atoms with E-state index in [4.69, 9.17) is 9.84 Å². The van der Waals surface area contributed by atoms with Gasteiger partial charge in [0.1, 0.15) is 5.75 Å². The number of benzene rings is 1. The van der Waals surface area contributed by atoms with Crippen LogP contribution < -0.4 is 10.1 Å². The Balaban J connectivity index is 2.32. The number of carbonyl (C=O) groups excluding carboxylic acids is 1. The Bertz CT molecular complexity index is 489. The monoisotopic (exact) mass is 305 g/mol. The third kappa shape index (κ3) is 6.03. The zero-order chi connectivity index (χ0) is 16.0. The van der Waals surface area contributed by atoms with Gasteiger partial charge in [-0.25, -0.2) is 0 Å². The van der Waals surface area contributed by atoms with Crippen molar-refractivity contribution in [1.29, 1.82) is 0 Å². The number of hydrogen-bond acceptors (Lipinski definition) is 3. The van der Waals surface area contributed by atoms with Crippen LogP contribution in [-0.2, 0) is 4.79 Å². The molecule has 0 bridgehead atoms. The van der Waals surface area contributed by atoms with Crippen LogP contribution in [-0.4, -0.2) is 36.4 Å². The van der Waals surface area contributed by atoms with Gasteiger partial charge in [-0.3, -0.25) is 4.79 Å². The first-order valence-electron chi connectivity index (χ1n) is 6.41. The second-order valence-corrected chi connectivity index (χ2v) is 4.73. The number of nitrogens with one attached hydrogen (secondary N) is 1. The Morgan fingerprint density at radius 3 is 2.67 bits per heavy atom. The van der Waals surface area contributed by atoms with Gasteiger partial charge < -0.3 is 15.2 Å². The Morgan fingerprint density at radius 2 is 2.05 bits per heavy atom. The molecule has 0 aliphatic carbocycles. The largest absolute Gasteiger partial charge is 0.493 e. The zero-order valence-corrected chi connectivity index (χ0v) is 11.8. The SMILES string of the molecule is Cc1ccc(C)c(OCCC(=O)NCC(O)C(F)(F)F)c1. The molecule has 0 spiro atoms. The first kappa shape index (κ1) is 17.3. The van der Waals surface area contributed by atoms with Crippen molar-refractivity contribution >= 4 is 5.91 Å². The van der Waals surface area contributed by atoms with Gasteiger partial charge in [-0.05, 0) is 31.0 Å². The summed E-state index contributed by atoms with van der Waals surface area (Å²) in [6.07, 6.45) is -7.37. The third-order valence-corrected chi connectivity index (χ3v) is 2.80. The van der Waals surface area contributed by atoms with Crippen molar-refractivity contribution in [3.8, 4) is 5.75 Å². The van der Waals surface area contributed by atoms with Gasteiger partial charge in [-0.1, -0.05) is 12.1 Å². The van der Waals surface area contributed by atoms with E-state index in [1.807, 2.05) is 37.4 Å². The molecule has 0 aliphatic heterocycles. The van der Waals surface area contributed by atoms with Crippen LogP contribution in [0.15, 0.2) is 18.2 Å². The lowest BCUT2D eigenvalue weighted by Crippen LogP contribution is -2.40. The van der Waals surface area contributed by atoms with Crippen LogP contribution in [0.4, 0.5) is 13.2 Å². The Kier molecular flexibility index (Phi) is 6.02. The lowest BCUT2D eigenvalue weighted by Gasteiger charge is -2.15. The van der Waals surface area contributed by atoms with Crippen molar-refractivity contribution < 1.29 is 27.8 Å². The first-order valence-corrected chi connectivity index (χ1v) is 6.41. The zero-order valence-electron chi connectivity index (χ0n) is 11.8. The highest BCUT2D eigenvalue weighted by Gasteiger charge is 2.38. The van der Waals surface area contributed by atoms with Crippen molar-refractivity contribution in [2.24, 2.45) is 0 Å². The Hall–Kier alpha value is -1.76. The topological polar surface area (TPSA) is 58.6 Å². The average Bonchev–Trinajstić information content (AvgIpc) is 2.38. The summed E-state index contributed by atoms with van der Waals surface area (Å²) in [5.41, 5.74) is 1.92. The molecule has 0 radical (unpaired) electrons. The van der Waals surface area contributed by atoms with Crippen LogP contribution in [0.3, 0.4) is 0 Å². The summed E-state index contributed by atoms with van der Waals surface area (Å²) >= 11 is 0. The third-order valence-electron chi connectivity index (χ3n) is 2.80. The first-order chi connectivity index (χ1) is 9.70. The number of amides is 1. The van der Waals surface area contributed by atoms with Gasteiger partial charge in [0.05, 0.1) is 19.6 Å². The molecule has 1 unspecified atom stereocenters. The quantitative estimate of drug-likeness (QED) is 0.846. The maximum Gasteiger partial charge on any atom is 0.416 e. The minimum atomic E-state index is -4.73. The number of aliphatic hydroxyl groups is 1. The van der Waals surface area contributed by atoms with Gasteiger partial charge in [0.25, 0.3) is 0 Å². The molecule has 2 N–H and O–H groups in total. The molecule has 0 aromatic heterocycles. The molecule has 1 rings (SSSR count). The van der Waals surface area contributed by atoms with Crippen LogP contribution in [0.1, 0.15) is 17.5 Å². The summed E-state index contributed by atoms with van der Waals surface area (Å²) in [5, 5.41) is 10.7. The van der Waals surface area contributed by atoms with Crippen LogP contribution in [0, 0.1) is 13.8 Å². The number of ether oxygens (including phenoxy) is 1. The van der Waals surface area contributed by atoms with Crippen molar-refractivity contribution in [2.45, 2.75) is 32.5 Å². The standard InChI is InChI=1S/C14H18F3NO3/c1-9-3-4-10(2)11(7-9)21-6-5-13(20)18-8-12(19)14(15,16)17/h3-4,7,12,19H,5-6,8H2,1-2H3,(H,18,20). The molecule has 118 valence electrons. The lowest BCUT2D eigenvalue weighted by molar-refractivity contribution is -0.201. The summed E-state index contributed by atoms with van der Waals surface area (Å²) in [6, 6.07) is 5.62. The number of carbonyl (C=O) groups is 1. The van der Waals surface area contributed by atoms with Crippen molar-refractivity contribution in [3.63, 3.8) is 0 Å². The molecule has 1 aromatic carbocycles. The number of halogens is 3. The second kappa shape index (κ2) is 7.31. The minimum Gasteiger partial charge on any atom is -0.493 e. The highest BCUT2D eigenvalue weighted by atomic mass is 19.4. The van der Waals surface area contributed by atoms with Crippen LogP contribution in [0.5, 0.6) is 5.75 Å². The van der Waals surface area contributed by atoms with Gasteiger partial charge in [0.2, 0.25) is 5.91 Å². The molecular formula is C14H18F3NO3. The fourth-order valence-corrected chi connectivity index (χ4v) is 1.53. The molecule has 0 aliphatic rings. The summed E-state index contributed by atoms with van der Waals surface area (Å²) < 4.78 is 41.5. The van der Waals surface area contributed by atoms with Crippen molar-refractivity contribution in [3.05, 3.63) is 29.3 Å². The van der Waals surface area contributed by atoms with E-state index in [2.05, 4.69) is 0 Å². The van der Waals surface area contributed by atoms with Gasteiger partial charge in [-0.15, -0.1) is 0 Å². The fourth-order valence-electron chi connectivity index (χ4n) is 1.53. The average molecular weight is 305 g/mol. The van der Waals surface area contributed by atoms with Gasteiger partial charge >= 0.3 is 6.18 Å². The molecule has 1 aromatic rings. The highest BCUT2D eigenvalue weighted by Crippen LogP contribution is 2.20. The number of aliphatic hydroxyl groups excluding tert-OH is 1. The molecule has 1 amide bonds. The number of rotatable bonds is 6. The van der Waals surface area contributed by atoms with Crippen LogP contribution in [0.2, 0.25) is 0 Å². The molecule has 7 heteroatoms. The second-order valence-electron chi connectivity index (χ2n) is 4.73. The van der Waals surface area contributed by atoms with Crippen molar-refractivity contribution in [1.82, 2.24) is 5.32 Å². The number of alkyl halides is 3. The summed E-state index contributed by atoms with van der Waals surface area (Å²) in [6.45, 7) is 2.95. The smallest absolute Gasteiger partial charge is 0.416 e. The molecular weight excluding hydrogens is 287 g/mol. The lowest BCUT2D eigenvalue weighted by atomic mass is 10.1. The molecule has 0 saturated carbocycles. The van der Waals surface area contributed by atoms with E-state index in [9.17, 15) is 18.0 Å². The fraction of sp³-hybridized carbons (Fsp3) is 0.500. The predicted molar refractivity (Wildman–Crippen MR) is 71.1 cm³/mol. The molecule has 4 nitrogen and oxygen atoms in total. The van der Waals surface area contributed by atoms with Crippen molar-refractivity contribution in [2.75, 3.05) is 13.2 Å². The van der Waals surface area contributed by atoms with Gasteiger partial charge in [-0.2, -0.15) is 13.2 Å². The van der Waals surface area contributed by atoms with E-state index in [0.29, 0.717) is 5.75 Å². The maximum absolute atomic E-state index is 12.0. The Labute approximate surface area is 120 Å². The summed E-state index contributed by atoms with van der Waals surface area (Å²) in [5.74, 6) is 0.0294. The summed E-state index contributed by atoms with van der Waals surface area (Å²) in [7, 11) is 0. The van der Waals surface area contributed by atoms with E-state index in [0.717, 1.165) is 11.1 Å². The normalized spacial score (nSPS) is 12.9. The van der Waals surface area contributed by atoms with E-state index < -0.39 is 24.7 Å². The molecule has 0 fully saturated rings. The number of aryl methyl sites for hydroxylation is 2. The van der Waals surface area contributed by atoms with E-state index >= 15 is 0 Å². The molecule has 0 heterocycles. The highest BCUT2D eigenvalue weighted by molar-refractivity contribution is 5.76. The summed E-state index contributed by atoms with van der Waals surface area (Å²) in [4.78, 5) is 11.3. The predicted octanol–water partition coefficient (Wildman–Crippen LogP) is 2.11.